The van der Waals surface area contributed by atoms with Gasteiger partial charge in [0.15, 0.2) is 9.84 Å². The molecule has 134 valence electrons. The van der Waals surface area contributed by atoms with E-state index in [1.54, 1.807) is 29.8 Å². The number of carbonyl (C=O) groups is 1. The van der Waals surface area contributed by atoms with Gasteiger partial charge in [-0.25, -0.2) is 13.1 Å². The van der Waals surface area contributed by atoms with E-state index in [1.165, 1.54) is 12.1 Å². The molecule has 2 aromatic carbocycles. The van der Waals surface area contributed by atoms with Crippen molar-refractivity contribution in [2.24, 2.45) is 0 Å². The molecule has 0 aliphatic heterocycles. The van der Waals surface area contributed by atoms with Crippen LogP contribution < -0.4 is 5.32 Å². The number of aromatic nitrogens is 2. The molecule has 0 saturated heterocycles. The molecule has 3 aromatic rings. The number of amides is 1. The lowest BCUT2D eigenvalue weighted by Gasteiger charge is -2.09. The fraction of sp³-hybridized carbons (Fsp3) is 0.158. The second kappa shape index (κ2) is 7.13. The number of sulfone groups is 1. The number of rotatable bonds is 5. The number of anilines is 1. The van der Waals surface area contributed by atoms with Gasteiger partial charge < -0.3 is 5.32 Å². The number of para-hydroxylation sites is 1. The second-order valence-corrected chi connectivity index (χ2v) is 8.08. The average Bonchev–Trinajstić information content (AvgIpc) is 3.02. The smallest absolute Gasteiger partial charge is 0.256 e. The minimum Gasteiger partial charge on any atom is -0.306 e. The summed E-state index contributed by atoms with van der Waals surface area (Å²) in [6.45, 7) is 3.41. The van der Waals surface area contributed by atoms with Crippen molar-refractivity contribution in [2.45, 2.75) is 18.7 Å². The molecule has 0 saturated carbocycles. The van der Waals surface area contributed by atoms with Crippen molar-refractivity contribution in [2.75, 3.05) is 11.1 Å². The minimum atomic E-state index is -3.37. The fourth-order valence-electron chi connectivity index (χ4n) is 2.54. The molecule has 0 spiro atoms. The number of carbonyl (C=O) groups excluding carboxylic acids is 1. The van der Waals surface area contributed by atoms with Crippen LogP contribution in [-0.4, -0.2) is 29.9 Å². The highest BCUT2D eigenvalue weighted by atomic mass is 32.2. The third-order valence-electron chi connectivity index (χ3n) is 3.91. The lowest BCUT2D eigenvalue weighted by atomic mass is 10.2. The summed E-state index contributed by atoms with van der Waals surface area (Å²) in [5.74, 6) is 0.107. The summed E-state index contributed by atoms with van der Waals surface area (Å²) in [6.07, 6.45) is 0. The van der Waals surface area contributed by atoms with Gasteiger partial charge >= 0.3 is 0 Å². The second-order valence-electron chi connectivity index (χ2n) is 5.80. The summed E-state index contributed by atoms with van der Waals surface area (Å²) in [5.41, 5.74) is 1.85. The van der Waals surface area contributed by atoms with Gasteiger partial charge in [-0.3, -0.25) is 4.79 Å². The van der Waals surface area contributed by atoms with Crippen molar-refractivity contribution >= 4 is 21.6 Å². The lowest BCUT2D eigenvalue weighted by molar-refractivity contribution is 0.102. The molecular formula is C19H19N3O3S. The molecule has 1 aromatic heterocycles. The molecule has 0 aliphatic rings. The number of hydrogen-bond donors (Lipinski definition) is 1. The summed E-state index contributed by atoms with van der Waals surface area (Å²) >= 11 is 0. The van der Waals surface area contributed by atoms with E-state index in [1.807, 2.05) is 37.3 Å². The molecule has 0 radical (unpaired) electrons. The van der Waals surface area contributed by atoms with Crippen molar-refractivity contribution in [1.29, 1.82) is 0 Å². The lowest BCUT2D eigenvalue weighted by Crippen LogP contribution is -2.16. The Morgan fingerprint density at radius 2 is 1.81 bits per heavy atom. The largest absolute Gasteiger partial charge is 0.306 e. The Labute approximate surface area is 152 Å². The molecular weight excluding hydrogens is 350 g/mol. The molecule has 0 fully saturated rings. The molecule has 1 heterocycles. The van der Waals surface area contributed by atoms with Gasteiger partial charge in [0.05, 0.1) is 22.0 Å². The third kappa shape index (κ3) is 3.67. The van der Waals surface area contributed by atoms with Crippen LogP contribution in [0.1, 0.15) is 23.0 Å². The van der Waals surface area contributed by atoms with Gasteiger partial charge in [-0.1, -0.05) is 31.2 Å². The van der Waals surface area contributed by atoms with Crippen LogP contribution in [0.5, 0.6) is 0 Å². The predicted molar refractivity (Wildman–Crippen MR) is 100 cm³/mol. The summed E-state index contributed by atoms with van der Waals surface area (Å²) in [5, 5.41) is 7.21. The predicted octanol–water partition coefficient (Wildman–Crippen LogP) is 3.23. The molecule has 0 unspecified atom stereocenters. The Morgan fingerprint density at radius 3 is 2.50 bits per heavy atom. The first-order chi connectivity index (χ1) is 12.4. The van der Waals surface area contributed by atoms with Crippen molar-refractivity contribution < 1.29 is 13.2 Å². The van der Waals surface area contributed by atoms with Crippen molar-refractivity contribution in [3.05, 3.63) is 71.9 Å². The highest BCUT2D eigenvalue weighted by molar-refractivity contribution is 7.91. The van der Waals surface area contributed by atoms with Crippen LogP contribution in [0.3, 0.4) is 0 Å². The Morgan fingerprint density at radius 1 is 1.08 bits per heavy atom. The highest BCUT2D eigenvalue weighted by Gasteiger charge is 2.16. The van der Waals surface area contributed by atoms with Gasteiger partial charge in [-0.2, -0.15) is 5.10 Å². The zero-order chi connectivity index (χ0) is 18.7. The van der Waals surface area contributed by atoms with Crippen LogP contribution in [0.25, 0.3) is 5.69 Å². The van der Waals surface area contributed by atoms with E-state index in [4.69, 9.17) is 0 Å². The van der Waals surface area contributed by atoms with Crippen LogP contribution in [0.15, 0.2) is 65.6 Å². The first-order valence-electron chi connectivity index (χ1n) is 8.17. The maximum atomic E-state index is 12.6. The molecule has 0 aliphatic carbocycles. The Balaban J connectivity index is 1.92. The van der Waals surface area contributed by atoms with Gasteiger partial charge in [-0.15, -0.1) is 0 Å². The van der Waals surface area contributed by atoms with E-state index < -0.39 is 15.7 Å². The number of nitrogens with zero attached hydrogens (tertiary/aromatic N) is 2. The summed E-state index contributed by atoms with van der Waals surface area (Å²) < 4.78 is 25.7. The molecule has 1 amide bonds. The van der Waals surface area contributed by atoms with E-state index in [0.29, 0.717) is 5.82 Å². The fourth-order valence-corrected chi connectivity index (χ4v) is 3.47. The van der Waals surface area contributed by atoms with Crippen LogP contribution in [0, 0.1) is 6.92 Å². The van der Waals surface area contributed by atoms with Crippen molar-refractivity contribution in [3.8, 4) is 5.69 Å². The average molecular weight is 369 g/mol. The van der Waals surface area contributed by atoms with Gasteiger partial charge in [0.25, 0.3) is 5.91 Å². The summed E-state index contributed by atoms with van der Waals surface area (Å²) in [6, 6.07) is 17.2. The number of benzene rings is 2. The van der Waals surface area contributed by atoms with Gasteiger partial charge in [0, 0.05) is 11.6 Å². The van der Waals surface area contributed by atoms with Crippen molar-refractivity contribution in [1.82, 2.24) is 9.78 Å². The van der Waals surface area contributed by atoms with E-state index in [0.717, 1.165) is 11.4 Å². The van der Waals surface area contributed by atoms with E-state index in [9.17, 15) is 13.2 Å². The normalized spacial score (nSPS) is 11.3. The van der Waals surface area contributed by atoms with Crippen molar-refractivity contribution in [3.63, 3.8) is 0 Å². The van der Waals surface area contributed by atoms with Crippen LogP contribution in [0.2, 0.25) is 0 Å². The van der Waals surface area contributed by atoms with E-state index >= 15 is 0 Å². The molecule has 0 bridgehead atoms. The highest BCUT2D eigenvalue weighted by Crippen LogP contribution is 2.19. The van der Waals surface area contributed by atoms with Crippen LogP contribution in [-0.2, 0) is 9.84 Å². The Bertz CT molecular complexity index is 1040. The monoisotopic (exact) mass is 369 g/mol. The molecule has 3 rings (SSSR count). The third-order valence-corrected chi connectivity index (χ3v) is 5.64. The molecule has 1 N–H and O–H groups in total. The van der Waals surface area contributed by atoms with Crippen LogP contribution >= 0.6 is 0 Å². The number of nitrogens with one attached hydrogen (secondary N) is 1. The number of aryl methyl sites for hydroxylation is 1. The summed E-state index contributed by atoms with van der Waals surface area (Å²) in [7, 11) is -3.37. The quantitative estimate of drug-likeness (QED) is 0.749. The first kappa shape index (κ1) is 17.9. The van der Waals surface area contributed by atoms with Gasteiger partial charge in [0.1, 0.15) is 5.82 Å². The molecule has 6 nitrogen and oxygen atoms in total. The molecule has 26 heavy (non-hydrogen) atoms. The van der Waals surface area contributed by atoms with Gasteiger partial charge in [-0.05, 0) is 37.3 Å². The standard InChI is InChI=1S/C19H19N3O3S/c1-3-26(24,25)17-11-7-8-15(13-17)19(23)20-18-12-14(2)21-22(18)16-9-5-4-6-10-16/h4-13H,3H2,1-2H3,(H,20,23). The Hall–Kier alpha value is -2.93. The van der Waals surface area contributed by atoms with E-state index in [2.05, 4.69) is 10.4 Å². The molecule has 7 heteroatoms. The number of hydrogen-bond acceptors (Lipinski definition) is 4. The zero-order valence-electron chi connectivity index (χ0n) is 14.5. The van der Waals surface area contributed by atoms with Crippen LogP contribution in [0.4, 0.5) is 5.82 Å². The SMILES string of the molecule is CCS(=O)(=O)c1cccc(C(=O)Nc2cc(C)nn2-c2ccccc2)c1. The summed E-state index contributed by atoms with van der Waals surface area (Å²) in [4.78, 5) is 12.8. The molecule has 0 atom stereocenters. The minimum absolute atomic E-state index is 0.0158. The van der Waals surface area contributed by atoms with E-state index in [-0.39, 0.29) is 16.2 Å². The van der Waals surface area contributed by atoms with Gasteiger partial charge in [0.2, 0.25) is 0 Å². The first-order valence-corrected chi connectivity index (χ1v) is 9.82. The topological polar surface area (TPSA) is 81.1 Å². The zero-order valence-corrected chi connectivity index (χ0v) is 15.3. The maximum absolute atomic E-state index is 12.6. The Kier molecular flexibility index (Phi) is 4.90. The maximum Gasteiger partial charge on any atom is 0.256 e.